The molecular weight excluding hydrogens is 318 g/mol. The van der Waals surface area contributed by atoms with Gasteiger partial charge < -0.3 is 20.1 Å². The van der Waals surface area contributed by atoms with Crippen LogP contribution in [0.4, 0.5) is 4.79 Å². The van der Waals surface area contributed by atoms with E-state index in [1.807, 2.05) is 0 Å². The topological polar surface area (TPSA) is 114 Å². The highest BCUT2D eigenvalue weighted by Gasteiger charge is 2.26. The molecule has 1 heterocycles. The first-order valence-electron chi connectivity index (χ1n) is 7.17. The molecule has 1 fully saturated rings. The number of amides is 4. The zero-order valence-corrected chi connectivity index (χ0v) is 13.0. The molecule has 1 saturated heterocycles. The lowest BCUT2D eigenvalue weighted by molar-refractivity contribution is -0.149. The van der Waals surface area contributed by atoms with Gasteiger partial charge in [0, 0.05) is 18.7 Å². The number of nitrogens with one attached hydrogen (secondary N) is 2. The Morgan fingerprint density at radius 3 is 2.79 bits per heavy atom. The Kier molecular flexibility index (Phi) is 5.72. The van der Waals surface area contributed by atoms with E-state index in [1.54, 1.807) is 18.2 Å². The van der Waals surface area contributed by atoms with Crippen LogP contribution < -0.4 is 15.4 Å². The molecule has 1 aromatic carbocycles. The highest BCUT2D eigenvalue weighted by Crippen LogP contribution is 2.12. The van der Waals surface area contributed by atoms with Crippen molar-refractivity contribution >= 4 is 23.8 Å². The fraction of sp³-hybridized carbons (Fsp3) is 0.333. The Bertz CT molecular complexity index is 660. The minimum absolute atomic E-state index is 0.238. The van der Waals surface area contributed by atoms with E-state index in [0.29, 0.717) is 17.9 Å². The molecule has 0 aromatic heterocycles. The molecule has 0 aliphatic carbocycles. The monoisotopic (exact) mass is 335 g/mol. The summed E-state index contributed by atoms with van der Waals surface area (Å²) < 4.78 is 9.75. The summed E-state index contributed by atoms with van der Waals surface area (Å²) in [4.78, 5) is 47.4. The normalized spacial score (nSPS) is 13.2. The van der Waals surface area contributed by atoms with Crippen molar-refractivity contribution in [3.63, 3.8) is 0 Å². The molecule has 2 N–H and O–H groups in total. The van der Waals surface area contributed by atoms with Crippen molar-refractivity contribution in [2.45, 2.75) is 0 Å². The number of benzene rings is 1. The predicted molar refractivity (Wildman–Crippen MR) is 81.4 cm³/mol. The lowest BCUT2D eigenvalue weighted by Crippen LogP contribution is -2.38. The van der Waals surface area contributed by atoms with E-state index in [0.717, 1.165) is 4.90 Å². The van der Waals surface area contributed by atoms with E-state index in [-0.39, 0.29) is 6.54 Å². The van der Waals surface area contributed by atoms with E-state index in [2.05, 4.69) is 10.6 Å². The standard InChI is InChI=1S/C15H17N3O6/c1-23-11-4-2-3-10(7-11)14(21)17-8-13(20)24-9-12(19)18-6-5-16-15(18)22/h2-4,7H,5-6,8-9H2,1H3,(H,16,22)(H,17,21). The summed E-state index contributed by atoms with van der Waals surface area (Å²) in [7, 11) is 1.48. The van der Waals surface area contributed by atoms with Crippen LogP contribution >= 0.6 is 0 Å². The van der Waals surface area contributed by atoms with Gasteiger partial charge in [-0.05, 0) is 18.2 Å². The van der Waals surface area contributed by atoms with E-state index in [4.69, 9.17) is 9.47 Å². The van der Waals surface area contributed by atoms with Gasteiger partial charge in [-0.15, -0.1) is 0 Å². The molecule has 1 aromatic rings. The molecule has 2 rings (SSSR count). The van der Waals surface area contributed by atoms with Gasteiger partial charge in [0.1, 0.15) is 12.3 Å². The molecule has 0 unspecified atom stereocenters. The third-order valence-corrected chi connectivity index (χ3v) is 3.24. The Hall–Kier alpha value is -3.10. The van der Waals surface area contributed by atoms with Gasteiger partial charge in [0.2, 0.25) is 0 Å². The van der Waals surface area contributed by atoms with Crippen LogP contribution in [-0.4, -0.2) is 62.1 Å². The molecular formula is C15H17N3O6. The average Bonchev–Trinajstić information content (AvgIpc) is 3.03. The molecule has 1 aliphatic heterocycles. The molecule has 128 valence electrons. The van der Waals surface area contributed by atoms with Crippen molar-refractivity contribution in [2.24, 2.45) is 0 Å². The van der Waals surface area contributed by atoms with Crippen LogP contribution in [0.1, 0.15) is 10.4 Å². The van der Waals surface area contributed by atoms with Crippen molar-refractivity contribution in [3.8, 4) is 5.75 Å². The molecule has 4 amide bonds. The number of hydrogen-bond acceptors (Lipinski definition) is 6. The Morgan fingerprint density at radius 2 is 2.12 bits per heavy atom. The Morgan fingerprint density at radius 1 is 1.33 bits per heavy atom. The Balaban J connectivity index is 1.75. The van der Waals surface area contributed by atoms with Gasteiger partial charge in [0.15, 0.2) is 6.61 Å². The zero-order chi connectivity index (χ0) is 17.5. The molecule has 0 spiro atoms. The van der Waals surface area contributed by atoms with E-state index in [9.17, 15) is 19.2 Å². The molecule has 9 heteroatoms. The van der Waals surface area contributed by atoms with Crippen LogP contribution in [0.15, 0.2) is 24.3 Å². The van der Waals surface area contributed by atoms with Crippen LogP contribution in [0.25, 0.3) is 0 Å². The summed E-state index contributed by atoms with van der Waals surface area (Å²) in [6, 6.07) is 5.91. The third-order valence-electron chi connectivity index (χ3n) is 3.24. The molecule has 0 bridgehead atoms. The predicted octanol–water partition coefficient (Wildman–Crippen LogP) is -0.480. The second-order valence-corrected chi connectivity index (χ2v) is 4.85. The number of imide groups is 1. The van der Waals surface area contributed by atoms with Crippen molar-refractivity contribution in [3.05, 3.63) is 29.8 Å². The van der Waals surface area contributed by atoms with Crippen LogP contribution in [-0.2, 0) is 14.3 Å². The first-order valence-corrected chi connectivity index (χ1v) is 7.17. The van der Waals surface area contributed by atoms with Gasteiger partial charge in [-0.2, -0.15) is 0 Å². The number of methoxy groups -OCH3 is 1. The number of urea groups is 1. The number of ether oxygens (including phenoxy) is 2. The highest BCUT2D eigenvalue weighted by molar-refractivity contribution is 5.98. The number of carbonyl (C=O) groups excluding carboxylic acids is 4. The van der Waals surface area contributed by atoms with Gasteiger partial charge in [0.25, 0.3) is 11.8 Å². The molecule has 0 radical (unpaired) electrons. The highest BCUT2D eigenvalue weighted by atomic mass is 16.5. The van der Waals surface area contributed by atoms with Gasteiger partial charge in [-0.25, -0.2) is 4.79 Å². The fourth-order valence-electron chi connectivity index (χ4n) is 2.00. The number of carbonyl (C=O) groups is 4. The summed E-state index contributed by atoms with van der Waals surface area (Å²) in [5.41, 5.74) is 0.326. The first-order chi connectivity index (χ1) is 11.5. The maximum Gasteiger partial charge on any atom is 0.325 e. The van der Waals surface area contributed by atoms with Gasteiger partial charge in [-0.3, -0.25) is 19.3 Å². The van der Waals surface area contributed by atoms with Crippen molar-refractivity contribution in [2.75, 3.05) is 33.4 Å². The first kappa shape index (κ1) is 17.3. The summed E-state index contributed by atoms with van der Waals surface area (Å²) >= 11 is 0. The van der Waals surface area contributed by atoms with Crippen LogP contribution in [0.3, 0.4) is 0 Å². The third kappa shape index (κ3) is 4.45. The molecule has 1 aliphatic rings. The number of hydrogen-bond donors (Lipinski definition) is 2. The van der Waals surface area contributed by atoms with E-state index >= 15 is 0 Å². The SMILES string of the molecule is COc1cccc(C(=O)NCC(=O)OCC(=O)N2CCNC2=O)c1. The molecule has 0 atom stereocenters. The summed E-state index contributed by atoms with van der Waals surface area (Å²) in [5.74, 6) is -1.35. The second-order valence-electron chi connectivity index (χ2n) is 4.85. The van der Waals surface area contributed by atoms with Gasteiger partial charge >= 0.3 is 12.0 Å². The lowest BCUT2D eigenvalue weighted by Gasteiger charge is -2.12. The van der Waals surface area contributed by atoms with Gasteiger partial charge in [-0.1, -0.05) is 6.07 Å². The number of nitrogens with zero attached hydrogens (tertiary/aromatic N) is 1. The van der Waals surface area contributed by atoms with E-state index < -0.39 is 37.0 Å². The molecule has 24 heavy (non-hydrogen) atoms. The maximum absolute atomic E-state index is 11.9. The number of rotatable bonds is 6. The minimum atomic E-state index is -0.779. The summed E-state index contributed by atoms with van der Waals surface area (Å²) in [5, 5.41) is 4.84. The number of esters is 1. The smallest absolute Gasteiger partial charge is 0.325 e. The van der Waals surface area contributed by atoms with Crippen molar-refractivity contribution < 1.29 is 28.7 Å². The lowest BCUT2D eigenvalue weighted by atomic mass is 10.2. The van der Waals surface area contributed by atoms with Gasteiger partial charge in [0.05, 0.1) is 7.11 Å². The molecule has 0 saturated carbocycles. The second kappa shape index (κ2) is 7.95. The Labute approximate surface area is 137 Å². The zero-order valence-electron chi connectivity index (χ0n) is 13.0. The minimum Gasteiger partial charge on any atom is -0.497 e. The largest absolute Gasteiger partial charge is 0.497 e. The van der Waals surface area contributed by atoms with Crippen molar-refractivity contribution in [1.82, 2.24) is 15.5 Å². The summed E-state index contributed by atoms with van der Waals surface area (Å²) in [6.45, 7) is -0.340. The maximum atomic E-state index is 11.9. The van der Waals surface area contributed by atoms with E-state index in [1.165, 1.54) is 13.2 Å². The molecule has 9 nitrogen and oxygen atoms in total. The summed E-state index contributed by atoms with van der Waals surface area (Å²) in [6.07, 6.45) is 0. The quantitative estimate of drug-likeness (QED) is 0.679. The van der Waals surface area contributed by atoms with Crippen LogP contribution in [0.5, 0.6) is 5.75 Å². The van der Waals surface area contributed by atoms with Crippen molar-refractivity contribution in [1.29, 1.82) is 0 Å². The fourth-order valence-corrected chi connectivity index (χ4v) is 2.00. The average molecular weight is 335 g/mol. The van der Waals surface area contributed by atoms with Crippen LogP contribution in [0.2, 0.25) is 0 Å². The van der Waals surface area contributed by atoms with Crippen LogP contribution in [0, 0.1) is 0 Å².